The Morgan fingerprint density at radius 3 is 2.24 bits per heavy atom. The SMILES string of the molecule is Cc1ccc(Cn2c(=O)c3ncccc3n(CC(=O)Nc3c(C)cc(C)cc3C)c2=O)cc1. The van der Waals surface area contributed by atoms with Crippen molar-refractivity contribution >= 4 is 22.6 Å². The van der Waals surface area contributed by atoms with Crippen molar-refractivity contribution in [2.75, 3.05) is 5.32 Å². The molecule has 2 aromatic heterocycles. The van der Waals surface area contributed by atoms with Crippen LogP contribution in [-0.2, 0) is 17.9 Å². The molecule has 1 N–H and O–H groups in total. The normalized spacial score (nSPS) is 11.0. The number of hydrogen-bond acceptors (Lipinski definition) is 4. The maximum Gasteiger partial charge on any atom is 0.332 e. The summed E-state index contributed by atoms with van der Waals surface area (Å²) in [6.07, 6.45) is 1.51. The number of amides is 1. The molecule has 0 saturated heterocycles. The van der Waals surface area contributed by atoms with E-state index < -0.39 is 11.2 Å². The summed E-state index contributed by atoms with van der Waals surface area (Å²) in [6.45, 7) is 7.70. The van der Waals surface area contributed by atoms with Crippen molar-refractivity contribution in [1.29, 1.82) is 0 Å². The predicted molar refractivity (Wildman–Crippen MR) is 130 cm³/mol. The molecule has 0 radical (unpaired) electrons. The van der Waals surface area contributed by atoms with Crippen LogP contribution in [0, 0.1) is 27.7 Å². The number of carbonyl (C=O) groups excluding carboxylic acids is 1. The van der Waals surface area contributed by atoms with E-state index in [1.807, 2.05) is 64.1 Å². The molecule has 0 aliphatic heterocycles. The first-order chi connectivity index (χ1) is 15.7. The molecule has 33 heavy (non-hydrogen) atoms. The molecule has 0 saturated carbocycles. The highest BCUT2D eigenvalue weighted by Gasteiger charge is 2.17. The third-order valence-corrected chi connectivity index (χ3v) is 5.69. The highest BCUT2D eigenvalue weighted by atomic mass is 16.2. The monoisotopic (exact) mass is 442 g/mol. The van der Waals surface area contributed by atoms with Gasteiger partial charge in [-0.25, -0.2) is 9.78 Å². The van der Waals surface area contributed by atoms with Crippen molar-refractivity contribution in [2.45, 2.75) is 40.8 Å². The van der Waals surface area contributed by atoms with Gasteiger partial charge >= 0.3 is 5.69 Å². The molecule has 0 aliphatic rings. The topological polar surface area (TPSA) is 86.0 Å². The zero-order valence-corrected chi connectivity index (χ0v) is 19.2. The lowest BCUT2D eigenvalue weighted by atomic mass is 10.1. The van der Waals surface area contributed by atoms with Crippen LogP contribution in [0.5, 0.6) is 0 Å². The average Bonchev–Trinajstić information content (AvgIpc) is 2.78. The largest absolute Gasteiger partial charge is 0.332 e. The maximum atomic E-state index is 13.4. The minimum Gasteiger partial charge on any atom is -0.324 e. The van der Waals surface area contributed by atoms with Gasteiger partial charge in [-0.15, -0.1) is 0 Å². The molecular formula is C26H26N4O3. The van der Waals surface area contributed by atoms with E-state index in [-0.39, 0.29) is 24.5 Å². The lowest BCUT2D eigenvalue weighted by Crippen LogP contribution is -2.42. The Morgan fingerprint density at radius 1 is 0.909 bits per heavy atom. The van der Waals surface area contributed by atoms with Gasteiger partial charge < -0.3 is 5.32 Å². The first-order valence-corrected chi connectivity index (χ1v) is 10.8. The van der Waals surface area contributed by atoms with Gasteiger partial charge in [-0.05, 0) is 56.5 Å². The quantitative estimate of drug-likeness (QED) is 0.513. The summed E-state index contributed by atoms with van der Waals surface area (Å²) in [5, 5.41) is 2.93. The van der Waals surface area contributed by atoms with E-state index in [0.717, 1.165) is 38.1 Å². The standard InChI is InChI=1S/C26H26N4O3/c1-16-7-9-20(10-8-16)14-30-25(32)24-21(6-5-11-27-24)29(26(30)33)15-22(31)28-23-18(3)12-17(2)13-19(23)4/h5-13H,14-15H2,1-4H3,(H,28,31). The third-order valence-electron chi connectivity index (χ3n) is 5.69. The fourth-order valence-corrected chi connectivity index (χ4v) is 4.11. The van der Waals surface area contributed by atoms with Gasteiger partial charge in [0.1, 0.15) is 6.54 Å². The van der Waals surface area contributed by atoms with Crippen LogP contribution in [0.4, 0.5) is 5.69 Å². The Morgan fingerprint density at radius 2 is 1.58 bits per heavy atom. The minimum atomic E-state index is -0.548. The Labute approximate surface area is 191 Å². The van der Waals surface area contributed by atoms with Crippen LogP contribution >= 0.6 is 0 Å². The van der Waals surface area contributed by atoms with Crippen molar-refractivity contribution < 1.29 is 4.79 Å². The molecule has 0 spiro atoms. The lowest BCUT2D eigenvalue weighted by molar-refractivity contribution is -0.116. The van der Waals surface area contributed by atoms with Gasteiger partial charge in [-0.2, -0.15) is 0 Å². The molecule has 0 bridgehead atoms. The van der Waals surface area contributed by atoms with Gasteiger partial charge in [0.05, 0.1) is 12.1 Å². The van der Waals surface area contributed by atoms with Crippen molar-refractivity contribution in [1.82, 2.24) is 14.1 Å². The van der Waals surface area contributed by atoms with E-state index in [1.54, 1.807) is 12.1 Å². The van der Waals surface area contributed by atoms with Crippen LogP contribution in [0.3, 0.4) is 0 Å². The van der Waals surface area contributed by atoms with E-state index >= 15 is 0 Å². The molecule has 0 unspecified atom stereocenters. The van der Waals surface area contributed by atoms with Crippen LogP contribution < -0.4 is 16.6 Å². The molecule has 7 nitrogen and oxygen atoms in total. The summed E-state index contributed by atoms with van der Waals surface area (Å²) in [6, 6.07) is 14.9. The van der Waals surface area contributed by atoms with Crippen LogP contribution in [0.15, 0.2) is 64.3 Å². The first kappa shape index (κ1) is 22.2. The summed E-state index contributed by atoms with van der Waals surface area (Å²) in [5.41, 5.74) is 5.10. The van der Waals surface area contributed by atoms with E-state index in [9.17, 15) is 14.4 Å². The van der Waals surface area contributed by atoms with Gasteiger partial charge in [0, 0.05) is 11.9 Å². The molecule has 0 atom stereocenters. The van der Waals surface area contributed by atoms with Crippen LogP contribution in [0.25, 0.3) is 11.0 Å². The van der Waals surface area contributed by atoms with E-state index in [1.165, 1.54) is 10.8 Å². The second-order valence-electron chi connectivity index (χ2n) is 8.44. The first-order valence-electron chi connectivity index (χ1n) is 10.8. The van der Waals surface area contributed by atoms with Gasteiger partial charge in [-0.1, -0.05) is 47.5 Å². The Balaban J connectivity index is 1.75. The number of nitrogens with one attached hydrogen (secondary N) is 1. The molecule has 4 aromatic rings. The smallest absolute Gasteiger partial charge is 0.324 e. The number of rotatable bonds is 5. The highest BCUT2D eigenvalue weighted by molar-refractivity contribution is 5.93. The zero-order valence-electron chi connectivity index (χ0n) is 19.2. The summed E-state index contributed by atoms with van der Waals surface area (Å²) < 4.78 is 2.45. The van der Waals surface area contributed by atoms with Gasteiger partial charge in [0.25, 0.3) is 5.56 Å². The summed E-state index contributed by atoms with van der Waals surface area (Å²) in [7, 11) is 0. The Bertz CT molecular complexity index is 1460. The van der Waals surface area contributed by atoms with E-state index in [4.69, 9.17) is 0 Å². The number of hydrogen-bond donors (Lipinski definition) is 1. The number of carbonyl (C=O) groups is 1. The van der Waals surface area contributed by atoms with Crippen LogP contribution in [0.1, 0.15) is 27.8 Å². The molecule has 0 aliphatic carbocycles. The number of benzene rings is 2. The molecule has 1 amide bonds. The number of aromatic nitrogens is 3. The Hall–Kier alpha value is -4.00. The molecular weight excluding hydrogens is 416 g/mol. The minimum absolute atomic E-state index is 0.0995. The van der Waals surface area contributed by atoms with Crippen LogP contribution in [0.2, 0.25) is 0 Å². The Kier molecular flexibility index (Phi) is 5.96. The van der Waals surface area contributed by atoms with Crippen molar-refractivity contribution in [3.8, 4) is 0 Å². The van der Waals surface area contributed by atoms with Gasteiger partial charge in [-0.3, -0.25) is 18.7 Å². The van der Waals surface area contributed by atoms with Crippen LogP contribution in [-0.4, -0.2) is 20.0 Å². The fourth-order valence-electron chi connectivity index (χ4n) is 4.11. The zero-order chi connectivity index (χ0) is 23.7. The summed E-state index contributed by atoms with van der Waals surface area (Å²) in [4.78, 5) is 43.6. The van der Waals surface area contributed by atoms with E-state index in [0.29, 0.717) is 5.52 Å². The van der Waals surface area contributed by atoms with E-state index in [2.05, 4.69) is 10.3 Å². The average molecular weight is 443 g/mol. The highest BCUT2D eigenvalue weighted by Crippen LogP contribution is 2.22. The molecule has 0 fully saturated rings. The molecule has 4 rings (SSSR count). The summed E-state index contributed by atoms with van der Waals surface area (Å²) >= 11 is 0. The summed E-state index contributed by atoms with van der Waals surface area (Å²) in [5.74, 6) is -0.349. The van der Waals surface area contributed by atoms with Crippen molar-refractivity contribution in [3.05, 3.63) is 103 Å². The number of anilines is 1. The molecule has 2 heterocycles. The fraction of sp³-hybridized carbons (Fsp3) is 0.231. The predicted octanol–water partition coefficient (Wildman–Crippen LogP) is 3.48. The van der Waals surface area contributed by atoms with Gasteiger partial charge in [0.2, 0.25) is 5.91 Å². The number of fused-ring (bicyclic) bond motifs is 1. The van der Waals surface area contributed by atoms with Gasteiger partial charge in [0.15, 0.2) is 5.52 Å². The van der Waals surface area contributed by atoms with Crippen molar-refractivity contribution in [2.24, 2.45) is 0 Å². The number of nitrogens with zero attached hydrogens (tertiary/aromatic N) is 3. The maximum absolute atomic E-state index is 13.4. The second-order valence-corrected chi connectivity index (χ2v) is 8.44. The molecule has 168 valence electrons. The lowest BCUT2D eigenvalue weighted by Gasteiger charge is -2.16. The number of aryl methyl sites for hydroxylation is 4. The second kappa shape index (κ2) is 8.86. The molecule has 2 aromatic carbocycles. The van der Waals surface area contributed by atoms with Crippen molar-refractivity contribution in [3.63, 3.8) is 0 Å². The molecule has 7 heteroatoms. The third kappa shape index (κ3) is 4.48. The number of pyridine rings is 1.